The maximum atomic E-state index is 10.5. The molecular weight excluding hydrogens is 220 g/mol. The molecule has 0 fully saturated rings. The summed E-state index contributed by atoms with van der Waals surface area (Å²) in [6.07, 6.45) is 1.76. The van der Waals surface area contributed by atoms with E-state index in [4.69, 9.17) is 5.11 Å². The van der Waals surface area contributed by atoms with Crippen LogP contribution in [0.15, 0.2) is 35.9 Å². The van der Waals surface area contributed by atoms with Crippen LogP contribution in [0.25, 0.3) is 0 Å². The Bertz CT molecular complexity index is 397. The molecule has 1 rings (SSSR count). The number of hydrogen-bond acceptors (Lipinski definition) is 2. The Morgan fingerprint density at radius 1 is 1.44 bits per heavy atom. The first kappa shape index (κ1) is 12.8. The minimum atomic E-state index is -0.837. The van der Waals surface area contributed by atoms with E-state index in [2.05, 4.69) is 19.1 Å². The van der Waals surface area contributed by atoms with E-state index in [1.54, 1.807) is 24.8 Å². The van der Waals surface area contributed by atoms with E-state index in [9.17, 15) is 4.79 Å². The van der Waals surface area contributed by atoms with Crippen LogP contribution >= 0.6 is 11.8 Å². The Morgan fingerprint density at radius 3 is 2.75 bits per heavy atom. The first-order valence-corrected chi connectivity index (χ1v) is 6.29. The van der Waals surface area contributed by atoms with E-state index in [0.717, 1.165) is 11.5 Å². The first-order valence-electron chi connectivity index (χ1n) is 5.13. The van der Waals surface area contributed by atoms with E-state index in [1.165, 1.54) is 11.1 Å². The number of carboxylic acid groups (broad SMARTS) is 1. The molecule has 0 unspecified atom stereocenters. The summed E-state index contributed by atoms with van der Waals surface area (Å²) in [6, 6.07) is 8.25. The quantitative estimate of drug-likeness (QED) is 0.630. The molecule has 2 nitrogen and oxygen atoms in total. The number of carboxylic acids is 1. The van der Waals surface area contributed by atoms with E-state index in [0.29, 0.717) is 5.57 Å². The Balaban J connectivity index is 2.40. The fraction of sp³-hybridized carbons (Fsp3) is 0.308. The fourth-order valence-electron chi connectivity index (χ4n) is 1.21. The highest BCUT2D eigenvalue weighted by molar-refractivity contribution is 7.98. The monoisotopic (exact) mass is 236 g/mol. The summed E-state index contributed by atoms with van der Waals surface area (Å²) in [5.41, 5.74) is 3.01. The number of aryl methyl sites for hydroxylation is 1. The lowest BCUT2D eigenvalue weighted by Crippen LogP contribution is -1.96. The van der Waals surface area contributed by atoms with Gasteiger partial charge in [-0.1, -0.05) is 30.3 Å². The van der Waals surface area contributed by atoms with Crippen LogP contribution in [-0.2, 0) is 10.5 Å². The van der Waals surface area contributed by atoms with Crippen LogP contribution in [0.1, 0.15) is 18.1 Å². The van der Waals surface area contributed by atoms with Gasteiger partial charge in [-0.3, -0.25) is 0 Å². The minimum absolute atomic E-state index is 0.414. The molecule has 0 saturated heterocycles. The second-order valence-corrected chi connectivity index (χ2v) is 4.66. The van der Waals surface area contributed by atoms with Gasteiger partial charge in [0.05, 0.1) is 0 Å². The van der Waals surface area contributed by atoms with E-state index < -0.39 is 5.97 Å². The maximum absolute atomic E-state index is 10.5. The molecule has 0 amide bonds. The van der Waals surface area contributed by atoms with Crippen molar-refractivity contribution in [1.82, 2.24) is 0 Å². The molecule has 86 valence electrons. The number of aliphatic carboxylic acids is 1. The molecule has 0 radical (unpaired) electrons. The lowest BCUT2D eigenvalue weighted by atomic mass is 10.1. The van der Waals surface area contributed by atoms with Gasteiger partial charge in [-0.05, 0) is 25.0 Å². The summed E-state index contributed by atoms with van der Waals surface area (Å²) in [5, 5.41) is 8.66. The van der Waals surface area contributed by atoms with Gasteiger partial charge in [0.15, 0.2) is 0 Å². The Hall–Kier alpha value is -1.22. The highest BCUT2D eigenvalue weighted by Gasteiger charge is 1.99. The van der Waals surface area contributed by atoms with Crippen LogP contribution in [0.2, 0.25) is 0 Å². The van der Waals surface area contributed by atoms with Gasteiger partial charge in [0.25, 0.3) is 0 Å². The highest BCUT2D eigenvalue weighted by atomic mass is 32.2. The van der Waals surface area contributed by atoms with Gasteiger partial charge in [0.1, 0.15) is 0 Å². The molecule has 0 aliphatic rings. The van der Waals surface area contributed by atoms with Gasteiger partial charge < -0.3 is 5.11 Å². The summed E-state index contributed by atoms with van der Waals surface area (Å²) in [7, 11) is 0. The molecule has 0 saturated carbocycles. The van der Waals surface area contributed by atoms with Crippen LogP contribution < -0.4 is 0 Å². The number of benzene rings is 1. The third-order valence-corrected chi connectivity index (χ3v) is 3.28. The Morgan fingerprint density at radius 2 is 2.12 bits per heavy atom. The molecule has 0 bridgehead atoms. The van der Waals surface area contributed by atoms with Crippen LogP contribution in [0, 0.1) is 6.92 Å². The Kier molecular flexibility index (Phi) is 5.12. The number of carbonyl (C=O) groups is 1. The Labute approximate surface area is 100 Å². The standard InChI is InChI=1S/C13H16O2S/c1-10-5-3-4-6-12(10)9-16-8-7-11(2)13(14)15/h3-7H,8-9H2,1-2H3,(H,14,15). The summed E-state index contributed by atoms with van der Waals surface area (Å²) < 4.78 is 0. The van der Waals surface area contributed by atoms with Gasteiger partial charge in [0.2, 0.25) is 0 Å². The second-order valence-electron chi connectivity index (χ2n) is 3.63. The predicted molar refractivity (Wildman–Crippen MR) is 68.7 cm³/mol. The number of rotatable bonds is 5. The second kappa shape index (κ2) is 6.38. The highest BCUT2D eigenvalue weighted by Crippen LogP contribution is 2.16. The molecule has 1 N–H and O–H groups in total. The van der Waals surface area contributed by atoms with Crippen molar-refractivity contribution in [3.8, 4) is 0 Å². The molecule has 16 heavy (non-hydrogen) atoms. The van der Waals surface area contributed by atoms with E-state index in [-0.39, 0.29) is 0 Å². The molecule has 0 spiro atoms. The van der Waals surface area contributed by atoms with Crippen LogP contribution in [-0.4, -0.2) is 16.8 Å². The van der Waals surface area contributed by atoms with Gasteiger partial charge in [0, 0.05) is 17.1 Å². The van der Waals surface area contributed by atoms with Crippen LogP contribution in [0.3, 0.4) is 0 Å². The van der Waals surface area contributed by atoms with Crippen LogP contribution in [0.5, 0.6) is 0 Å². The smallest absolute Gasteiger partial charge is 0.330 e. The van der Waals surface area contributed by atoms with Gasteiger partial charge in [-0.15, -0.1) is 0 Å². The van der Waals surface area contributed by atoms with Crippen molar-refractivity contribution >= 4 is 17.7 Å². The number of thioether (sulfide) groups is 1. The molecule has 0 atom stereocenters. The minimum Gasteiger partial charge on any atom is -0.478 e. The molecule has 0 aliphatic heterocycles. The lowest BCUT2D eigenvalue weighted by molar-refractivity contribution is -0.132. The average Bonchev–Trinajstić information content (AvgIpc) is 2.26. The van der Waals surface area contributed by atoms with E-state index >= 15 is 0 Å². The van der Waals surface area contributed by atoms with Gasteiger partial charge >= 0.3 is 5.97 Å². The van der Waals surface area contributed by atoms with Crippen molar-refractivity contribution in [2.75, 3.05) is 5.75 Å². The van der Waals surface area contributed by atoms with Gasteiger partial charge in [-0.2, -0.15) is 11.8 Å². The average molecular weight is 236 g/mol. The fourth-order valence-corrected chi connectivity index (χ4v) is 2.24. The molecule has 0 aliphatic carbocycles. The topological polar surface area (TPSA) is 37.3 Å². The van der Waals surface area contributed by atoms with Crippen LogP contribution in [0.4, 0.5) is 0 Å². The van der Waals surface area contributed by atoms with Crippen molar-refractivity contribution in [2.45, 2.75) is 19.6 Å². The number of hydrogen-bond donors (Lipinski definition) is 1. The third kappa shape index (κ3) is 4.11. The van der Waals surface area contributed by atoms with Crippen molar-refractivity contribution in [3.05, 3.63) is 47.0 Å². The molecule has 1 aromatic rings. The first-order chi connectivity index (χ1) is 7.61. The normalized spacial score (nSPS) is 11.5. The van der Waals surface area contributed by atoms with Crippen molar-refractivity contribution in [3.63, 3.8) is 0 Å². The van der Waals surface area contributed by atoms with Crippen molar-refractivity contribution < 1.29 is 9.90 Å². The molecule has 3 heteroatoms. The zero-order valence-corrected chi connectivity index (χ0v) is 10.4. The largest absolute Gasteiger partial charge is 0.478 e. The molecule has 0 aromatic heterocycles. The van der Waals surface area contributed by atoms with Gasteiger partial charge in [-0.25, -0.2) is 4.79 Å². The third-order valence-electron chi connectivity index (χ3n) is 2.36. The summed E-state index contributed by atoms with van der Waals surface area (Å²) in [5.74, 6) is 0.833. The SMILES string of the molecule is CC(=CCSCc1ccccc1C)C(=O)O. The molecular formula is C13H16O2S. The van der Waals surface area contributed by atoms with Crippen molar-refractivity contribution in [1.29, 1.82) is 0 Å². The zero-order chi connectivity index (χ0) is 12.0. The summed E-state index contributed by atoms with van der Waals surface area (Å²) in [6.45, 7) is 3.71. The zero-order valence-electron chi connectivity index (χ0n) is 9.56. The lowest BCUT2D eigenvalue weighted by Gasteiger charge is -2.03. The summed E-state index contributed by atoms with van der Waals surface area (Å²) >= 11 is 1.73. The maximum Gasteiger partial charge on any atom is 0.330 e. The van der Waals surface area contributed by atoms with Crippen molar-refractivity contribution in [2.24, 2.45) is 0 Å². The van der Waals surface area contributed by atoms with E-state index in [1.807, 2.05) is 12.1 Å². The molecule has 1 aromatic carbocycles. The summed E-state index contributed by atoms with van der Waals surface area (Å²) in [4.78, 5) is 10.5. The molecule has 0 heterocycles. The predicted octanol–water partition coefficient (Wildman–Crippen LogP) is 3.26.